The quantitative estimate of drug-likeness (QED) is 0.828. The Kier molecular flexibility index (Phi) is 4.85. The zero-order valence-electron chi connectivity index (χ0n) is 12.4. The highest BCUT2D eigenvalue weighted by Gasteiger charge is 2.30. The molecule has 0 aliphatic carbocycles. The Labute approximate surface area is 121 Å². The van der Waals surface area contributed by atoms with Crippen LogP contribution in [-0.2, 0) is 16.6 Å². The molecule has 0 unspecified atom stereocenters. The Hall–Kier alpha value is -0.890. The minimum absolute atomic E-state index is 0.367. The number of hydrogen-bond acceptors (Lipinski definition) is 4. The monoisotopic (exact) mass is 300 g/mol. The van der Waals surface area contributed by atoms with E-state index in [9.17, 15) is 8.42 Å². The molecule has 2 heterocycles. The van der Waals surface area contributed by atoms with E-state index in [1.54, 1.807) is 16.6 Å². The SMILES string of the molecule is CNCc1cc(S(=O)(=O)N2CCC(N(C)C)CC2)c[nH]1. The first-order valence-electron chi connectivity index (χ1n) is 6.93. The van der Waals surface area contributed by atoms with E-state index in [1.807, 2.05) is 21.1 Å². The molecule has 6 nitrogen and oxygen atoms in total. The average molecular weight is 300 g/mol. The number of aromatic nitrogens is 1. The van der Waals surface area contributed by atoms with Crippen LogP contribution in [0.4, 0.5) is 0 Å². The number of nitrogens with one attached hydrogen (secondary N) is 2. The molecule has 1 aromatic heterocycles. The zero-order chi connectivity index (χ0) is 14.8. The van der Waals surface area contributed by atoms with Gasteiger partial charge < -0.3 is 15.2 Å². The van der Waals surface area contributed by atoms with Crippen molar-refractivity contribution in [3.05, 3.63) is 18.0 Å². The summed E-state index contributed by atoms with van der Waals surface area (Å²) in [5.74, 6) is 0. The van der Waals surface area contributed by atoms with Gasteiger partial charge in [0.25, 0.3) is 0 Å². The molecule has 0 bridgehead atoms. The molecule has 7 heteroatoms. The molecule has 1 aliphatic rings. The van der Waals surface area contributed by atoms with Crippen LogP contribution in [0.25, 0.3) is 0 Å². The minimum Gasteiger partial charge on any atom is -0.363 e. The van der Waals surface area contributed by atoms with Gasteiger partial charge in [0.15, 0.2) is 0 Å². The summed E-state index contributed by atoms with van der Waals surface area (Å²) in [6.07, 6.45) is 3.36. The molecule has 0 aromatic carbocycles. The number of aromatic amines is 1. The largest absolute Gasteiger partial charge is 0.363 e. The summed E-state index contributed by atoms with van der Waals surface area (Å²) in [6, 6.07) is 2.19. The van der Waals surface area contributed by atoms with Crippen LogP contribution in [0, 0.1) is 0 Å². The molecule has 0 spiro atoms. The minimum atomic E-state index is -3.35. The van der Waals surface area contributed by atoms with Gasteiger partial charge in [0.2, 0.25) is 10.0 Å². The Morgan fingerprint density at radius 3 is 2.60 bits per heavy atom. The van der Waals surface area contributed by atoms with Crippen LogP contribution in [0.15, 0.2) is 17.2 Å². The maximum Gasteiger partial charge on any atom is 0.244 e. The summed E-state index contributed by atoms with van der Waals surface area (Å²) >= 11 is 0. The standard InChI is InChI=1S/C13H24N4O2S/c1-14-9-11-8-13(10-15-11)20(18,19)17-6-4-12(5-7-17)16(2)3/h8,10,12,14-15H,4-7,9H2,1-3H3. The van der Waals surface area contributed by atoms with Gasteiger partial charge in [0, 0.05) is 37.6 Å². The van der Waals surface area contributed by atoms with E-state index in [0.29, 0.717) is 30.6 Å². The second-order valence-electron chi connectivity index (χ2n) is 5.49. The van der Waals surface area contributed by atoms with Crippen LogP contribution in [0.3, 0.4) is 0 Å². The van der Waals surface area contributed by atoms with Crippen LogP contribution < -0.4 is 5.32 Å². The summed E-state index contributed by atoms with van der Waals surface area (Å²) < 4.78 is 26.7. The Morgan fingerprint density at radius 2 is 2.05 bits per heavy atom. The Bertz CT molecular complexity index is 530. The second-order valence-corrected chi connectivity index (χ2v) is 7.43. The fourth-order valence-corrected chi connectivity index (χ4v) is 4.10. The number of H-pyrrole nitrogens is 1. The number of nitrogens with zero attached hydrogens (tertiary/aromatic N) is 2. The van der Waals surface area contributed by atoms with Crippen molar-refractivity contribution in [2.24, 2.45) is 0 Å². The van der Waals surface area contributed by atoms with Crippen LogP contribution in [0.5, 0.6) is 0 Å². The van der Waals surface area contributed by atoms with Gasteiger partial charge in [0.05, 0.1) is 4.90 Å². The number of hydrogen-bond donors (Lipinski definition) is 2. The van der Waals surface area contributed by atoms with Gasteiger partial charge in [-0.3, -0.25) is 0 Å². The van der Waals surface area contributed by atoms with Gasteiger partial charge in [-0.1, -0.05) is 0 Å². The molecule has 1 aliphatic heterocycles. The van der Waals surface area contributed by atoms with Crippen molar-refractivity contribution in [3.8, 4) is 0 Å². The first-order valence-corrected chi connectivity index (χ1v) is 8.37. The van der Waals surface area contributed by atoms with Gasteiger partial charge >= 0.3 is 0 Å². The predicted octanol–water partition coefficient (Wildman–Crippen LogP) is 0.449. The van der Waals surface area contributed by atoms with Gasteiger partial charge in [0.1, 0.15) is 0 Å². The predicted molar refractivity (Wildman–Crippen MR) is 79.0 cm³/mol. The van der Waals surface area contributed by atoms with Crippen LogP contribution in [0.1, 0.15) is 18.5 Å². The van der Waals surface area contributed by atoms with Gasteiger partial charge in [-0.2, -0.15) is 4.31 Å². The molecule has 114 valence electrons. The van der Waals surface area contributed by atoms with Crippen molar-refractivity contribution >= 4 is 10.0 Å². The molecular formula is C13H24N4O2S. The molecule has 1 aromatic rings. The van der Waals surface area contributed by atoms with E-state index >= 15 is 0 Å². The summed E-state index contributed by atoms with van der Waals surface area (Å²) in [6.45, 7) is 1.83. The summed E-state index contributed by atoms with van der Waals surface area (Å²) in [7, 11) is 2.57. The lowest BCUT2D eigenvalue weighted by Crippen LogP contribution is -2.44. The van der Waals surface area contributed by atoms with Crippen molar-refractivity contribution in [3.63, 3.8) is 0 Å². The average Bonchev–Trinajstić information content (AvgIpc) is 2.88. The lowest BCUT2D eigenvalue weighted by atomic mass is 10.1. The molecule has 20 heavy (non-hydrogen) atoms. The smallest absolute Gasteiger partial charge is 0.244 e. The van der Waals surface area contributed by atoms with Crippen molar-refractivity contribution in [1.82, 2.24) is 19.5 Å². The third-order valence-electron chi connectivity index (χ3n) is 3.88. The fourth-order valence-electron chi connectivity index (χ4n) is 2.61. The molecule has 2 N–H and O–H groups in total. The number of rotatable bonds is 5. The van der Waals surface area contributed by atoms with Crippen molar-refractivity contribution < 1.29 is 8.42 Å². The number of piperidine rings is 1. The fraction of sp³-hybridized carbons (Fsp3) is 0.692. The molecule has 1 saturated heterocycles. The molecule has 1 fully saturated rings. The zero-order valence-corrected chi connectivity index (χ0v) is 13.2. The summed E-state index contributed by atoms with van der Waals surface area (Å²) in [4.78, 5) is 5.54. The molecule has 0 amide bonds. The van der Waals surface area contributed by atoms with Gasteiger partial charge in [-0.15, -0.1) is 0 Å². The molecule has 0 saturated carbocycles. The van der Waals surface area contributed by atoms with E-state index in [0.717, 1.165) is 18.5 Å². The molecule has 0 radical (unpaired) electrons. The topological polar surface area (TPSA) is 68.4 Å². The van der Waals surface area contributed by atoms with Crippen molar-refractivity contribution in [1.29, 1.82) is 0 Å². The van der Waals surface area contributed by atoms with Crippen molar-refractivity contribution in [2.75, 3.05) is 34.2 Å². The highest BCUT2D eigenvalue weighted by atomic mass is 32.2. The highest BCUT2D eigenvalue weighted by Crippen LogP contribution is 2.22. The van der Waals surface area contributed by atoms with Crippen LogP contribution in [-0.4, -0.2) is 62.9 Å². The summed E-state index contributed by atoms with van der Waals surface area (Å²) in [5, 5.41) is 3.00. The first kappa shape index (κ1) is 15.5. The lowest BCUT2D eigenvalue weighted by molar-refractivity contribution is 0.196. The van der Waals surface area contributed by atoms with Gasteiger partial charge in [-0.25, -0.2) is 8.42 Å². The second kappa shape index (κ2) is 6.26. The van der Waals surface area contributed by atoms with Crippen molar-refractivity contribution in [2.45, 2.75) is 30.3 Å². The van der Waals surface area contributed by atoms with Crippen LogP contribution >= 0.6 is 0 Å². The van der Waals surface area contributed by atoms with Gasteiger partial charge in [-0.05, 0) is 40.1 Å². The first-order chi connectivity index (χ1) is 9.45. The Balaban J connectivity index is 2.07. The lowest BCUT2D eigenvalue weighted by Gasteiger charge is -2.34. The Morgan fingerprint density at radius 1 is 1.40 bits per heavy atom. The number of sulfonamides is 1. The van der Waals surface area contributed by atoms with E-state index in [-0.39, 0.29) is 0 Å². The summed E-state index contributed by atoms with van der Waals surface area (Å²) in [5.41, 5.74) is 0.884. The highest BCUT2D eigenvalue weighted by molar-refractivity contribution is 7.89. The van der Waals surface area contributed by atoms with E-state index in [2.05, 4.69) is 15.2 Å². The normalized spacial score (nSPS) is 18.8. The third-order valence-corrected chi connectivity index (χ3v) is 5.75. The molecule has 2 rings (SSSR count). The van der Waals surface area contributed by atoms with E-state index in [4.69, 9.17) is 0 Å². The maximum atomic E-state index is 12.6. The molecule has 0 atom stereocenters. The van der Waals surface area contributed by atoms with E-state index < -0.39 is 10.0 Å². The van der Waals surface area contributed by atoms with Crippen LogP contribution in [0.2, 0.25) is 0 Å². The van der Waals surface area contributed by atoms with E-state index in [1.165, 1.54) is 0 Å². The maximum absolute atomic E-state index is 12.6. The third kappa shape index (κ3) is 3.22. The molecular weight excluding hydrogens is 276 g/mol.